The number of hydrogen-bond donors (Lipinski definition) is 2. The van der Waals surface area contributed by atoms with Gasteiger partial charge in [-0.1, -0.05) is 38.1 Å². The average Bonchev–Trinajstić information content (AvgIpc) is 2.37. The van der Waals surface area contributed by atoms with Gasteiger partial charge in [-0.25, -0.2) is 0 Å². The second-order valence-electron chi connectivity index (χ2n) is 6.61. The van der Waals surface area contributed by atoms with Crippen molar-refractivity contribution in [3.05, 3.63) is 35.4 Å². The van der Waals surface area contributed by atoms with Gasteiger partial charge in [-0.3, -0.25) is 4.79 Å². The van der Waals surface area contributed by atoms with E-state index in [-0.39, 0.29) is 11.8 Å². The van der Waals surface area contributed by atoms with Gasteiger partial charge in [0.2, 0.25) is 0 Å². The minimum Gasteiger partial charge on any atom is -0.481 e. The third-order valence-corrected chi connectivity index (χ3v) is 4.35. The molecule has 0 amide bonds. The summed E-state index contributed by atoms with van der Waals surface area (Å²) >= 11 is 0. The van der Waals surface area contributed by atoms with Crippen LogP contribution in [0.1, 0.15) is 50.2 Å². The first-order valence-corrected chi connectivity index (χ1v) is 7.48. The zero-order valence-electron chi connectivity index (χ0n) is 12.5. The van der Waals surface area contributed by atoms with E-state index in [1.165, 1.54) is 17.5 Å². The largest absolute Gasteiger partial charge is 0.481 e. The average molecular weight is 275 g/mol. The zero-order valence-corrected chi connectivity index (χ0v) is 12.5. The van der Waals surface area contributed by atoms with Crippen molar-refractivity contribution in [3.63, 3.8) is 0 Å². The van der Waals surface area contributed by atoms with E-state index in [1.54, 1.807) is 0 Å². The van der Waals surface area contributed by atoms with Crippen LogP contribution in [0, 0.1) is 5.41 Å². The fourth-order valence-corrected chi connectivity index (χ4v) is 2.82. The van der Waals surface area contributed by atoms with Crippen LogP contribution < -0.4 is 5.32 Å². The summed E-state index contributed by atoms with van der Waals surface area (Å²) in [5.41, 5.74) is 3.08. The number of carboxylic acids is 1. The Balaban J connectivity index is 1.64. The topological polar surface area (TPSA) is 49.3 Å². The van der Waals surface area contributed by atoms with E-state index < -0.39 is 5.97 Å². The van der Waals surface area contributed by atoms with Gasteiger partial charge in [0.25, 0.3) is 0 Å². The highest BCUT2D eigenvalue weighted by molar-refractivity contribution is 5.66. The van der Waals surface area contributed by atoms with Crippen molar-refractivity contribution in [3.8, 4) is 0 Å². The predicted molar refractivity (Wildman–Crippen MR) is 81.0 cm³/mol. The first-order chi connectivity index (χ1) is 9.48. The molecule has 110 valence electrons. The van der Waals surface area contributed by atoms with E-state index in [0.29, 0.717) is 5.92 Å². The molecule has 20 heavy (non-hydrogen) atoms. The smallest absolute Gasteiger partial charge is 0.303 e. The molecule has 0 aromatic heterocycles. The van der Waals surface area contributed by atoms with Crippen LogP contribution in [0.3, 0.4) is 0 Å². The normalized spacial score (nSPS) is 17.4. The maximum absolute atomic E-state index is 10.6. The summed E-state index contributed by atoms with van der Waals surface area (Å²) in [6.45, 7) is 6.30. The fraction of sp³-hybridized carbons (Fsp3) is 0.588. The number of benzene rings is 1. The Morgan fingerprint density at radius 2 is 2.10 bits per heavy atom. The molecule has 1 aromatic carbocycles. The monoisotopic (exact) mass is 275 g/mol. The van der Waals surface area contributed by atoms with Gasteiger partial charge >= 0.3 is 5.97 Å². The van der Waals surface area contributed by atoms with Gasteiger partial charge in [0.1, 0.15) is 0 Å². The van der Waals surface area contributed by atoms with E-state index in [2.05, 4.69) is 43.4 Å². The molecule has 3 heteroatoms. The van der Waals surface area contributed by atoms with Crippen LogP contribution in [-0.4, -0.2) is 24.2 Å². The van der Waals surface area contributed by atoms with Crippen LogP contribution in [0.2, 0.25) is 0 Å². The third kappa shape index (κ3) is 4.07. The van der Waals surface area contributed by atoms with Crippen molar-refractivity contribution in [2.45, 2.75) is 45.4 Å². The Labute approximate surface area is 121 Å². The van der Waals surface area contributed by atoms with Crippen LogP contribution in [0.5, 0.6) is 0 Å². The van der Waals surface area contributed by atoms with E-state index in [9.17, 15) is 4.79 Å². The van der Waals surface area contributed by atoms with Crippen molar-refractivity contribution >= 4 is 5.97 Å². The van der Waals surface area contributed by atoms with Crippen LogP contribution in [0.4, 0.5) is 0 Å². The molecule has 0 radical (unpaired) electrons. The summed E-state index contributed by atoms with van der Waals surface area (Å²) in [6, 6.07) is 8.65. The lowest BCUT2D eigenvalue weighted by Gasteiger charge is -2.31. The second kappa shape index (κ2) is 6.40. The van der Waals surface area contributed by atoms with E-state index in [0.717, 1.165) is 25.9 Å². The van der Waals surface area contributed by atoms with Crippen molar-refractivity contribution in [2.24, 2.45) is 5.41 Å². The lowest BCUT2D eigenvalue weighted by Crippen LogP contribution is -2.31. The van der Waals surface area contributed by atoms with Gasteiger partial charge in [0.05, 0.1) is 0 Å². The molecule has 0 aliphatic heterocycles. The van der Waals surface area contributed by atoms with Crippen LogP contribution in [-0.2, 0) is 11.2 Å². The highest BCUT2D eigenvalue weighted by Gasteiger charge is 2.25. The molecule has 0 heterocycles. The number of carboxylic acid groups (broad SMARTS) is 1. The van der Waals surface area contributed by atoms with Gasteiger partial charge in [0.15, 0.2) is 0 Å². The number of aliphatic carboxylic acids is 1. The Kier molecular flexibility index (Phi) is 4.81. The molecule has 0 spiro atoms. The molecule has 1 atom stereocenters. The molecule has 1 aliphatic rings. The SMILES string of the molecule is CC(C)(CCNCC1Cc2ccccc21)CCC(=O)O. The Bertz CT molecular complexity index is 468. The van der Waals surface area contributed by atoms with Gasteiger partial charge in [-0.15, -0.1) is 0 Å². The van der Waals surface area contributed by atoms with Crippen molar-refractivity contribution in [1.82, 2.24) is 5.32 Å². The molecule has 2 rings (SSSR count). The molecule has 0 fully saturated rings. The number of rotatable bonds is 8. The second-order valence-corrected chi connectivity index (χ2v) is 6.61. The summed E-state index contributed by atoms with van der Waals surface area (Å²) in [7, 11) is 0. The summed E-state index contributed by atoms with van der Waals surface area (Å²) in [4.78, 5) is 10.6. The van der Waals surface area contributed by atoms with E-state index in [1.807, 2.05) is 0 Å². The molecule has 1 aliphatic carbocycles. The summed E-state index contributed by atoms with van der Waals surface area (Å²) in [5, 5.41) is 12.3. The highest BCUT2D eigenvalue weighted by atomic mass is 16.4. The first-order valence-electron chi connectivity index (χ1n) is 7.48. The standard InChI is InChI=1S/C17H25NO2/c1-17(2,8-7-16(19)20)9-10-18-12-14-11-13-5-3-4-6-15(13)14/h3-6,14,18H,7-12H2,1-2H3,(H,19,20). The van der Waals surface area contributed by atoms with E-state index >= 15 is 0 Å². The molecule has 1 unspecified atom stereocenters. The number of carbonyl (C=O) groups is 1. The maximum Gasteiger partial charge on any atom is 0.303 e. The molecule has 0 saturated carbocycles. The molecule has 1 aromatic rings. The molecule has 0 saturated heterocycles. The molecule has 0 bridgehead atoms. The summed E-state index contributed by atoms with van der Waals surface area (Å²) in [5.74, 6) is -0.0366. The van der Waals surface area contributed by atoms with Gasteiger partial charge in [-0.2, -0.15) is 0 Å². The molecular weight excluding hydrogens is 250 g/mol. The minimum atomic E-state index is -0.697. The Morgan fingerprint density at radius 1 is 1.35 bits per heavy atom. The van der Waals surface area contributed by atoms with Crippen molar-refractivity contribution < 1.29 is 9.90 Å². The fourth-order valence-electron chi connectivity index (χ4n) is 2.82. The van der Waals surface area contributed by atoms with Gasteiger partial charge in [0, 0.05) is 18.9 Å². The van der Waals surface area contributed by atoms with Crippen molar-refractivity contribution in [1.29, 1.82) is 0 Å². The van der Waals surface area contributed by atoms with E-state index in [4.69, 9.17) is 5.11 Å². The summed E-state index contributed by atoms with van der Waals surface area (Å²) in [6.07, 6.45) is 3.22. The molecular formula is C17H25NO2. The number of fused-ring (bicyclic) bond motifs is 1. The Hall–Kier alpha value is -1.35. The first kappa shape index (κ1) is 15.0. The third-order valence-electron chi connectivity index (χ3n) is 4.35. The van der Waals surface area contributed by atoms with Crippen LogP contribution in [0.15, 0.2) is 24.3 Å². The zero-order chi connectivity index (χ0) is 14.6. The molecule has 3 nitrogen and oxygen atoms in total. The van der Waals surface area contributed by atoms with Crippen LogP contribution >= 0.6 is 0 Å². The minimum absolute atomic E-state index is 0.100. The maximum atomic E-state index is 10.6. The van der Waals surface area contributed by atoms with Crippen molar-refractivity contribution in [2.75, 3.05) is 13.1 Å². The number of hydrogen-bond acceptors (Lipinski definition) is 2. The quantitative estimate of drug-likeness (QED) is 0.716. The predicted octanol–water partition coefficient (Wildman–Crippen LogP) is 3.20. The number of nitrogens with one attached hydrogen (secondary N) is 1. The highest BCUT2D eigenvalue weighted by Crippen LogP contribution is 2.34. The summed E-state index contributed by atoms with van der Waals surface area (Å²) < 4.78 is 0. The van der Waals surface area contributed by atoms with Gasteiger partial charge < -0.3 is 10.4 Å². The van der Waals surface area contributed by atoms with Crippen LogP contribution in [0.25, 0.3) is 0 Å². The molecule has 2 N–H and O–H groups in total. The van der Waals surface area contributed by atoms with Gasteiger partial charge in [-0.05, 0) is 42.3 Å². The lowest BCUT2D eigenvalue weighted by molar-refractivity contribution is -0.137. The Morgan fingerprint density at radius 3 is 2.80 bits per heavy atom. The lowest BCUT2D eigenvalue weighted by atomic mass is 9.77.